The predicted octanol–water partition coefficient (Wildman–Crippen LogP) is 7.37. The number of rotatable bonds is 5. The van der Waals surface area contributed by atoms with Gasteiger partial charge in [-0.1, -0.05) is 65.7 Å². The van der Waals surface area contributed by atoms with E-state index in [1.165, 1.54) is 18.2 Å². The van der Waals surface area contributed by atoms with Crippen LogP contribution in [0.4, 0.5) is 9.18 Å². The fourth-order valence-corrected chi connectivity index (χ4v) is 5.18. The van der Waals surface area contributed by atoms with Gasteiger partial charge in [0.1, 0.15) is 5.82 Å². The summed E-state index contributed by atoms with van der Waals surface area (Å²) in [6.07, 6.45) is 3.70. The van der Waals surface area contributed by atoms with Gasteiger partial charge in [0, 0.05) is 39.3 Å². The number of aromatic nitrogens is 1. The molecule has 4 nitrogen and oxygen atoms in total. The minimum Gasteiger partial charge on any atom is -0.342 e. The van der Waals surface area contributed by atoms with Gasteiger partial charge in [-0.15, -0.1) is 0 Å². The molecular weight excluding hydrogens is 494 g/mol. The van der Waals surface area contributed by atoms with Crippen molar-refractivity contribution in [3.8, 4) is 0 Å². The molecule has 0 aliphatic carbocycles. The van der Waals surface area contributed by atoms with Crippen LogP contribution in [-0.2, 0) is 17.9 Å². The third-order valence-corrected chi connectivity index (χ3v) is 7.25. The number of hydrogen-bond acceptors (Lipinski definition) is 3. The lowest BCUT2D eigenvalue weighted by molar-refractivity contribution is -0.123. The molecule has 0 atom stereocenters. The van der Waals surface area contributed by atoms with Crippen LogP contribution in [-0.4, -0.2) is 20.6 Å². The second kappa shape index (κ2) is 9.29. The third-order valence-electron chi connectivity index (χ3n) is 5.62. The van der Waals surface area contributed by atoms with Crippen molar-refractivity contribution in [2.45, 2.75) is 13.1 Å². The van der Waals surface area contributed by atoms with Gasteiger partial charge >= 0.3 is 0 Å². The highest BCUT2D eigenvalue weighted by molar-refractivity contribution is 8.18. The summed E-state index contributed by atoms with van der Waals surface area (Å²) in [6.45, 7) is 0.550. The van der Waals surface area contributed by atoms with Crippen LogP contribution in [0.1, 0.15) is 16.7 Å². The van der Waals surface area contributed by atoms with E-state index in [1.54, 1.807) is 6.08 Å². The normalized spacial score (nSPS) is 15.1. The molecule has 0 spiro atoms. The number of para-hydroxylation sites is 1. The van der Waals surface area contributed by atoms with Crippen LogP contribution in [0.2, 0.25) is 10.0 Å². The van der Waals surface area contributed by atoms with Gasteiger partial charge in [0.05, 0.1) is 11.4 Å². The third kappa shape index (κ3) is 4.37. The van der Waals surface area contributed by atoms with Crippen molar-refractivity contribution < 1.29 is 14.0 Å². The van der Waals surface area contributed by atoms with Gasteiger partial charge in [0.2, 0.25) is 0 Å². The molecule has 0 N–H and O–H groups in total. The number of amides is 2. The molecule has 1 fully saturated rings. The second-order valence-corrected chi connectivity index (χ2v) is 9.63. The molecule has 5 rings (SSSR count). The molecule has 34 heavy (non-hydrogen) atoms. The highest BCUT2D eigenvalue weighted by atomic mass is 35.5. The first-order valence-corrected chi connectivity index (χ1v) is 12.0. The molecule has 3 aromatic carbocycles. The van der Waals surface area contributed by atoms with E-state index in [2.05, 4.69) is 4.57 Å². The number of fused-ring (bicyclic) bond motifs is 1. The summed E-state index contributed by atoms with van der Waals surface area (Å²) in [5, 5.41) is 1.42. The summed E-state index contributed by atoms with van der Waals surface area (Å²) in [4.78, 5) is 27.1. The van der Waals surface area contributed by atoms with Crippen LogP contribution in [0.15, 0.2) is 77.8 Å². The van der Waals surface area contributed by atoms with E-state index in [0.717, 1.165) is 38.7 Å². The Hall–Kier alpha value is -3.06. The number of thioether (sulfide) groups is 1. The maximum atomic E-state index is 13.4. The largest absolute Gasteiger partial charge is 0.342 e. The van der Waals surface area contributed by atoms with E-state index < -0.39 is 17.0 Å². The smallest absolute Gasteiger partial charge is 0.293 e. The number of nitrogens with zero attached hydrogens (tertiary/aromatic N) is 2. The van der Waals surface area contributed by atoms with Crippen LogP contribution in [0, 0.1) is 5.82 Å². The van der Waals surface area contributed by atoms with Crippen LogP contribution in [0.25, 0.3) is 17.0 Å². The minimum atomic E-state index is -0.476. The number of halogens is 3. The fourth-order valence-electron chi connectivity index (χ4n) is 3.93. The van der Waals surface area contributed by atoms with Crippen LogP contribution >= 0.6 is 35.0 Å². The number of benzene rings is 3. The molecule has 0 unspecified atom stereocenters. The summed E-state index contributed by atoms with van der Waals surface area (Å²) >= 11 is 13.3. The molecule has 1 aliphatic rings. The van der Waals surface area contributed by atoms with Gasteiger partial charge in [-0.2, -0.15) is 0 Å². The molecule has 8 heteroatoms. The number of hydrogen-bond donors (Lipinski definition) is 0. The van der Waals surface area contributed by atoms with Gasteiger partial charge in [-0.05, 0) is 53.2 Å². The van der Waals surface area contributed by atoms with Crippen molar-refractivity contribution >= 4 is 63.1 Å². The number of carbonyl (C=O) groups excluding carboxylic acids is 2. The lowest BCUT2D eigenvalue weighted by Crippen LogP contribution is -2.27. The lowest BCUT2D eigenvalue weighted by atomic mass is 10.1. The fraction of sp³-hybridized carbons (Fsp3) is 0.0769. The molecule has 2 amide bonds. The maximum absolute atomic E-state index is 13.4. The van der Waals surface area contributed by atoms with Crippen molar-refractivity contribution in [3.05, 3.63) is 110 Å². The van der Waals surface area contributed by atoms with Gasteiger partial charge in [-0.25, -0.2) is 4.39 Å². The zero-order valence-electron chi connectivity index (χ0n) is 17.7. The van der Waals surface area contributed by atoms with Crippen molar-refractivity contribution in [3.63, 3.8) is 0 Å². The molecule has 0 bridgehead atoms. The Labute approximate surface area is 209 Å². The average Bonchev–Trinajstić information content (AvgIpc) is 3.29. The van der Waals surface area contributed by atoms with Crippen molar-refractivity contribution in [2.75, 3.05) is 0 Å². The Morgan fingerprint density at radius 3 is 2.41 bits per heavy atom. The molecular formula is C26H17Cl2FN2O2S. The van der Waals surface area contributed by atoms with E-state index in [0.29, 0.717) is 22.0 Å². The molecule has 4 aromatic rings. The van der Waals surface area contributed by atoms with Gasteiger partial charge < -0.3 is 4.57 Å². The van der Waals surface area contributed by atoms with Crippen LogP contribution < -0.4 is 0 Å². The summed E-state index contributed by atoms with van der Waals surface area (Å²) in [5.41, 5.74) is 3.30. The average molecular weight is 511 g/mol. The maximum Gasteiger partial charge on any atom is 0.293 e. The molecule has 1 saturated heterocycles. The minimum absolute atomic E-state index is 0.0185. The molecule has 0 saturated carbocycles. The quantitative estimate of drug-likeness (QED) is 0.263. The molecule has 1 aromatic heterocycles. The zero-order chi connectivity index (χ0) is 23.8. The lowest BCUT2D eigenvalue weighted by Gasteiger charge is -2.13. The van der Waals surface area contributed by atoms with E-state index >= 15 is 0 Å². The number of carbonyl (C=O) groups is 2. The first-order valence-electron chi connectivity index (χ1n) is 10.4. The SMILES string of the molecule is O=C1S/C(=C/c2cn(Cc3ccccc3Cl)c3ccccc23)C(=O)N1Cc1ccc(F)cc1Cl. The first kappa shape index (κ1) is 22.7. The van der Waals surface area contributed by atoms with Crippen molar-refractivity contribution in [1.82, 2.24) is 9.47 Å². The van der Waals surface area contributed by atoms with E-state index in [-0.39, 0.29) is 11.6 Å². The summed E-state index contributed by atoms with van der Waals surface area (Å²) < 4.78 is 15.4. The number of imide groups is 1. The Balaban J connectivity index is 1.47. The highest BCUT2D eigenvalue weighted by Crippen LogP contribution is 2.36. The second-order valence-electron chi connectivity index (χ2n) is 7.82. The molecule has 1 aliphatic heterocycles. The topological polar surface area (TPSA) is 42.3 Å². The van der Waals surface area contributed by atoms with Crippen LogP contribution in [0.3, 0.4) is 0 Å². The summed E-state index contributed by atoms with van der Waals surface area (Å²) in [6, 6.07) is 19.4. The molecule has 2 heterocycles. The monoisotopic (exact) mass is 510 g/mol. The van der Waals surface area contributed by atoms with Crippen LogP contribution in [0.5, 0.6) is 0 Å². The first-order chi connectivity index (χ1) is 16.4. The van der Waals surface area contributed by atoms with E-state index in [4.69, 9.17) is 23.2 Å². The summed E-state index contributed by atoms with van der Waals surface area (Å²) in [7, 11) is 0. The van der Waals surface area contributed by atoms with E-state index in [9.17, 15) is 14.0 Å². The Morgan fingerprint density at radius 1 is 0.882 bits per heavy atom. The van der Waals surface area contributed by atoms with Crippen molar-refractivity contribution in [1.29, 1.82) is 0 Å². The standard InChI is InChI=1S/C26H17Cl2FN2O2S/c27-21-7-3-1-5-16(21)13-30-14-18(20-6-2-4-8-23(20)30)11-24-25(32)31(26(33)34-24)15-17-9-10-19(29)12-22(17)28/h1-12,14H,13,15H2/b24-11+. The Kier molecular flexibility index (Phi) is 6.21. The highest BCUT2D eigenvalue weighted by Gasteiger charge is 2.35. The Morgan fingerprint density at radius 2 is 1.62 bits per heavy atom. The molecule has 0 radical (unpaired) electrons. The predicted molar refractivity (Wildman–Crippen MR) is 135 cm³/mol. The van der Waals surface area contributed by atoms with Gasteiger partial charge in [0.25, 0.3) is 11.1 Å². The zero-order valence-corrected chi connectivity index (χ0v) is 20.0. The molecule has 170 valence electrons. The van der Waals surface area contributed by atoms with Crippen molar-refractivity contribution in [2.24, 2.45) is 0 Å². The van der Waals surface area contributed by atoms with E-state index in [1.807, 2.05) is 54.7 Å². The van der Waals surface area contributed by atoms with Gasteiger partial charge in [0.15, 0.2) is 0 Å². The summed E-state index contributed by atoms with van der Waals surface area (Å²) in [5.74, 6) is -0.880. The van der Waals surface area contributed by atoms with Gasteiger partial charge in [-0.3, -0.25) is 14.5 Å². The Bertz CT molecular complexity index is 1480.